The van der Waals surface area contributed by atoms with Crippen LogP contribution in [0.1, 0.15) is 16.2 Å². The molecule has 0 aliphatic heterocycles. The summed E-state index contributed by atoms with van der Waals surface area (Å²) in [6.07, 6.45) is 0. The van der Waals surface area contributed by atoms with Crippen LogP contribution >= 0.6 is 0 Å². The molecule has 2 N–H and O–H groups in total. The van der Waals surface area contributed by atoms with Crippen LogP contribution in [0, 0.1) is 0 Å². The van der Waals surface area contributed by atoms with Crippen LogP contribution < -0.4 is 0 Å². The fourth-order valence-corrected chi connectivity index (χ4v) is 1.32. The standard InChI is InChI=1S/C10H8N2O3/c13-5-8-9(10(14)15)12-7-4-2-1-3-6(7)11-8/h1-4,13H,5H2,(H,14,15). The van der Waals surface area contributed by atoms with E-state index < -0.39 is 12.6 Å². The van der Waals surface area contributed by atoms with Crippen LogP contribution in [0.15, 0.2) is 24.3 Å². The van der Waals surface area contributed by atoms with Crippen LogP contribution in [0.3, 0.4) is 0 Å². The van der Waals surface area contributed by atoms with E-state index in [1.165, 1.54) is 0 Å². The maximum absolute atomic E-state index is 10.8. The molecule has 0 bridgehead atoms. The van der Waals surface area contributed by atoms with Gasteiger partial charge in [-0.2, -0.15) is 0 Å². The van der Waals surface area contributed by atoms with Gasteiger partial charge in [-0.15, -0.1) is 0 Å². The molecule has 5 nitrogen and oxygen atoms in total. The van der Waals surface area contributed by atoms with Crippen molar-refractivity contribution in [2.75, 3.05) is 0 Å². The predicted octanol–water partition coefficient (Wildman–Crippen LogP) is 0.820. The van der Waals surface area contributed by atoms with Gasteiger partial charge in [0.1, 0.15) is 0 Å². The van der Waals surface area contributed by atoms with E-state index in [-0.39, 0.29) is 11.4 Å². The van der Waals surface area contributed by atoms with Crippen LogP contribution in [0.4, 0.5) is 0 Å². The first-order chi connectivity index (χ1) is 7.22. The maximum Gasteiger partial charge on any atom is 0.356 e. The summed E-state index contributed by atoms with van der Waals surface area (Å²) >= 11 is 0. The fourth-order valence-electron chi connectivity index (χ4n) is 1.32. The summed E-state index contributed by atoms with van der Waals surface area (Å²) in [7, 11) is 0. The maximum atomic E-state index is 10.8. The van der Waals surface area contributed by atoms with Gasteiger partial charge in [0.25, 0.3) is 0 Å². The lowest BCUT2D eigenvalue weighted by atomic mass is 10.2. The smallest absolute Gasteiger partial charge is 0.356 e. The van der Waals surface area contributed by atoms with Crippen LogP contribution in [0.25, 0.3) is 11.0 Å². The number of carboxylic acids is 1. The second-order valence-corrected chi connectivity index (χ2v) is 2.97. The van der Waals surface area contributed by atoms with Crippen molar-refractivity contribution in [1.29, 1.82) is 0 Å². The molecule has 5 heteroatoms. The van der Waals surface area contributed by atoms with Gasteiger partial charge in [-0.3, -0.25) is 0 Å². The Morgan fingerprint density at radius 2 is 1.80 bits per heavy atom. The number of aliphatic hydroxyl groups excluding tert-OH is 1. The minimum absolute atomic E-state index is 0.0844. The first-order valence-corrected chi connectivity index (χ1v) is 4.32. The van der Waals surface area contributed by atoms with Gasteiger partial charge in [0.05, 0.1) is 23.3 Å². The third-order valence-corrected chi connectivity index (χ3v) is 2.00. The summed E-state index contributed by atoms with van der Waals surface area (Å²) in [4.78, 5) is 18.8. The van der Waals surface area contributed by atoms with E-state index in [0.29, 0.717) is 11.0 Å². The molecule has 0 aliphatic rings. The third kappa shape index (κ3) is 1.64. The second-order valence-electron chi connectivity index (χ2n) is 2.97. The SMILES string of the molecule is O=C(O)c1nc2ccccc2nc1CO. The Kier molecular flexibility index (Phi) is 2.31. The monoisotopic (exact) mass is 204 g/mol. The molecule has 0 spiro atoms. The van der Waals surface area contributed by atoms with E-state index in [9.17, 15) is 4.79 Å². The molecule has 0 radical (unpaired) electrons. The molecule has 0 unspecified atom stereocenters. The third-order valence-electron chi connectivity index (χ3n) is 2.00. The first kappa shape index (κ1) is 9.54. The Bertz CT molecular complexity index is 525. The van der Waals surface area contributed by atoms with Gasteiger partial charge in [-0.25, -0.2) is 14.8 Å². The Labute approximate surface area is 85.0 Å². The van der Waals surface area contributed by atoms with Crippen molar-refractivity contribution in [2.45, 2.75) is 6.61 Å². The normalized spacial score (nSPS) is 10.5. The molecular formula is C10H8N2O3. The largest absolute Gasteiger partial charge is 0.476 e. The van der Waals surface area contributed by atoms with Crippen molar-refractivity contribution in [2.24, 2.45) is 0 Å². The summed E-state index contributed by atoms with van der Waals surface area (Å²) in [6.45, 7) is -0.431. The molecule has 76 valence electrons. The van der Waals surface area contributed by atoms with Crippen LogP contribution in [0.5, 0.6) is 0 Å². The van der Waals surface area contributed by atoms with Gasteiger partial charge < -0.3 is 10.2 Å². The van der Waals surface area contributed by atoms with Gasteiger partial charge in [0.15, 0.2) is 5.69 Å². The number of aromatic nitrogens is 2. The molecule has 1 aromatic carbocycles. The molecule has 0 fully saturated rings. The average molecular weight is 204 g/mol. The lowest BCUT2D eigenvalue weighted by Crippen LogP contribution is -2.08. The number of rotatable bonds is 2. The van der Waals surface area contributed by atoms with Gasteiger partial charge in [-0.1, -0.05) is 12.1 Å². The Hall–Kier alpha value is -2.01. The summed E-state index contributed by atoms with van der Waals surface area (Å²) in [5.74, 6) is -1.18. The number of hydrogen-bond acceptors (Lipinski definition) is 4. The number of nitrogens with zero attached hydrogens (tertiary/aromatic N) is 2. The summed E-state index contributed by atoms with van der Waals surface area (Å²) < 4.78 is 0. The van der Waals surface area contributed by atoms with E-state index in [1.54, 1.807) is 24.3 Å². The van der Waals surface area contributed by atoms with E-state index in [4.69, 9.17) is 10.2 Å². The summed E-state index contributed by atoms with van der Waals surface area (Å²) in [5.41, 5.74) is 0.969. The molecular weight excluding hydrogens is 196 g/mol. The minimum atomic E-state index is -1.18. The number of aliphatic hydroxyl groups is 1. The number of carboxylic acid groups (broad SMARTS) is 1. The number of carbonyl (C=O) groups is 1. The molecule has 0 saturated carbocycles. The number of fused-ring (bicyclic) bond motifs is 1. The van der Waals surface area contributed by atoms with E-state index in [2.05, 4.69) is 9.97 Å². The van der Waals surface area contributed by atoms with E-state index in [1.807, 2.05) is 0 Å². The van der Waals surface area contributed by atoms with Gasteiger partial charge in [0, 0.05) is 0 Å². The van der Waals surface area contributed by atoms with Crippen molar-refractivity contribution in [3.8, 4) is 0 Å². The van der Waals surface area contributed by atoms with Crippen molar-refractivity contribution >= 4 is 17.0 Å². The number of benzene rings is 1. The zero-order valence-electron chi connectivity index (χ0n) is 7.71. The highest BCUT2D eigenvalue weighted by Crippen LogP contribution is 2.12. The minimum Gasteiger partial charge on any atom is -0.476 e. The quantitative estimate of drug-likeness (QED) is 0.756. The van der Waals surface area contributed by atoms with Crippen molar-refractivity contribution in [3.63, 3.8) is 0 Å². The van der Waals surface area contributed by atoms with Crippen LogP contribution in [-0.4, -0.2) is 26.2 Å². The number of hydrogen-bond donors (Lipinski definition) is 2. The van der Waals surface area contributed by atoms with Crippen molar-refractivity contribution in [1.82, 2.24) is 9.97 Å². The predicted molar refractivity (Wildman–Crippen MR) is 52.4 cm³/mol. The zero-order valence-corrected chi connectivity index (χ0v) is 7.71. The molecule has 0 atom stereocenters. The summed E-state index contributed by atoms with van der Waals surface area (Å²) in [5, 5.41) is 17.8. The van der Waals surface area contributed by atoms with E-state index >= 15 is 0 Å². The van der Waals surface area contributed by atoms with Crippen molar-refractivity contribution < 1.29 is 15.0 Å². The number of para-hydroxylation sites is 2. The molecule has 0 amide bonds. The molecule has 15 heavy (non-hydrogen) atoms. The highest BCUT2D eigenvalue weighted by molar-refractivity contribution is 5.89. The molecule has 2 aromatic rings. The molecule has 1 heterocycles. The molecule has 1 aromatic heterocycles. The van der Waals surface area contributed by atoms with Crippen molar-refractivity contribution in [3.05, 3.63) is 35.7 Å². The second kappa shape index (κ2) is 3.62. The Morgan fingerprint density at radius 3 is 2.33 bits per heavy atom. The lowest BCUT2D eigenvalue weighted by molar-refractivity contribution is 0.0686. The molecule has 0 aliphatic carbocycles. The van der Waals surface area contributed by atoms with Crippen LogP contribution in [0.2, 0.25) is 0 Å². The average Bonchev–Trinajstić information content (AvgIpc) is 2.27. The van der Waals surface area contributed by atoms with Gasteiger partial charge in [-0.05, 0) is 12.1 Å². The van der Waals surface area contributed by atoms with E-state index in [0.717, 1.165) is 0 Å². The Morgan fingerprint density at radius 1 is 1.20 bits per heavy atom. The summed E-state index contributed by atoms with van der Waals surface area (Å²) in [6, 6.07) is 6.92. The lowest BCUT2D eigenvalue weighted by Gasteiger charge is -2.03. The molecule has 2 rings (SSSR count). The zero-order chi connectivity index (χ0) is 10.8. The number of aromatic carboxylic acids is 1. The van der Waals surface area contributed by atoms with Gasteiger partial charge >= 0.3 is 5.97 Å². The Balaban J connectivity index is 2.74. The van der Waals surface area contributed by atoms with Crippen LogP contribution in [-0.2, 0) is 6.61 Å². The first-order valence-electron chi connectivity index (χ1n) is 4.32. The highest BCUT2D eigenvalue weighted by atomic mass is 16.4. The topological polar surface area (TPSA) is 83.3 Å². The van der Waals surface area contributed by atoms with Gasteiger partial charge in [0.2, 0.25) is 0 Å². The molecule has 0 saturated heterocycles. The fraction of sp³-hybridized carbons (Fsp3) is 0.100. The highest BCUT2D eigenvalue weighted by Gasteiger charge is 2.13.